The van der Waals surface area contributed by atoms with Gasteiger partial charge in [-0.05, 0) is 43.7 Å². The van der Waals surface area contributed by atoms with Gasteiger partial charge in [0.1, 0.15) is 0 Å². The second-order valence-corrected chi connectivity index (χ2v) is 6.92. The van der Waals surface area contributed by atoms with Crippen LogP contribution < -0.4 is 10.6 Å². The number of nitrogens with one attached hydrogen (secondary N) is 2. The van der Waals surface area contributed by atoms with E-state index in [1.165, 1.54) is 11.1 Å². The molecule has 1 heterocycles. The van der Waals surface area contributed by atoms with Gasteiger partial charge in [0.2, 0.25) is 0 Å². The Morgan fingerprint density at radius 1 is 1.11 bits per heavy atom. The van der Waals surface area contributed by atoms with Crippen LogP contribution in [0.3, 0.4) is 0 Å². The monoisotopic (exact) mass is 485 g/mol. The third-order valence-corrected chi connectivity index (χ3v) is 4.79. The summed E-state index contributed by atoms with van der Waals surface area (Å²) < 4.78 is 11.3. The lowest BCUT2D eigenvalue weighted by Crippen LogP contribution is -2.42. The fraction of sp³-hybridized carbons (Fsp3) is 0.571. The fourth-order valence-corrected chi connectivity index (χ4v) is 3.22. The predicted molar refractivity (Wildman–Crippen MR) is 121 cm³/mol. The van der Waals surface area contributed by atoms with Crippen LogP contribution in [-0.4, -0.2) is 37.9 Å². The summed E-state index contributed by atoms with van der Waals surface area (Å²) in [7, 11) is 0. The van der Waals surface area contributed by atoms with Crippen molar-refractivity contribution in [3.63, 3.8) is 0 Å². The zero-order valence-electron chi connectivity index (χ0n) is 16.2. The summed E-state index contributed by atoms with van der Waals surface area (Å²) in [5.74, 6) is 0.896. The molecular formula is C21H32IN3O2. The van der Waals surface area contributed by atoms with Crippen molar-refractivity contribution in [2.24, 2.45) is 4.99 Å². The average Bonchev–Trinajstić information content (AvgIpc) is 3.19. The Bertz CT molecular complexity index is 590. The smallest absolute Gasteiger partial charge is 0.191 e. The maximum absolute atomic E-state index is 5.98. The summed E-state index contributed by atoms with van der Waals surface area (Å²) in [4.78, 5) is 4.72. The van der Waals surface area contributed by atoms with Gasteiger partial charge in [0.15, 0.2) is 5.96 Å². The molecule has 1 aromatic carbocycles. The molecule has 0 spiro atoms. The molecular weight excluding hydrogens is 453 g/mol. The number of aliphatic imine (C=N–C) groups is 1. The molecule has 0 unspecified atom stereocenters. The van der Waals surface area contributed by atoms with Crippen LogP contribution in [-0.2, 0) is 22.6 Å². The fourth-order valence-electron chi connectivity index (χ4n) is 3.22. The van der Waals surface area contributed by atoms with Crippen molar-refractivity contribution in [2.75, 3.05) is 19.8 Å². The summed E-state index contributed by atoms with van der Waals surface area (Å²) in [6.07, 6.45) is 8.95. The van der Waals surface area contributed by atoms with Crippen molar-refractivity contribution in [2.45, 2.75) is 57.9 Å². The molecule has 1 aliphatic carbocycles. The van der Waals surface area contributed by atoms with Gasteiger partial charge in [-0.1, -0.05) is 36.4 Å². The standard InChI is InChI=1S/C21H31N3O2.HI/c1-2-22-21(24-19-5-3-4-6-19)23-15-17-7-9-18(10-8-17)16-26-20-11-13-25-14-12-20;/h3-4,7-10,19-20H,2,5-6,11-16H2,1H3,(H2,22,23,24);1H. The molecule has 0 aromatic heterocycles. The van der Waals surface area contributed by atoms with Gasteiger partial charge in [-0.25, -0.2) is 4.99 Å². The van der Waals surface area contributed by atoms with E-state index in [0.29, 0.717) is 25.3 Å². The summed E-state index contributed by atoms with van der Waals surface area (Å²) in [6.45, 7) is 5.96. The highest BCUT2D eigenvalue weighted by atomic mass is 127. The maximum Gasteiger partial charge on any atom is 0.191 e. The van der Waals surface area contributed by atoms with Crippen LogP contribution in [0.15, 0.2) is 41.4 Å². The molecule has 2 aliphatic rings. The molecule has 1 saturated heterocycles. The quantitative estimate of drug-likeness (QED) is 0.267. The second kappa shape index (κ2) is 12.4. The average molecular weight is 485 g/mol. The van der Waals surface area contributed by atoms with Crippen LogP contribution in [0, 0.1) is 0 Å². The third-order valence-electron chi connectivity index (χ3n) is 4.79. The highest BCUT2D eigenvalue weighted by molar-refractivity contribution is 14.0. The van der Waals surface area contributed by atoms with E-state index in [0.717, 1.165) is 51.4 Å². The van der Waals surface area contributed by atoms with Crippen LogP contribution in [0.2, 0.25) is 0 Å². The minimum absolute atomic E-state index is 0. The van der Waals surface area contributed by atoms with Crippen LogP contribution in [0.4, 0.5) is 0 Å². The lowest BCUT2D eigenvalue weighted by Gasteiger charge is -2.22. The van der Waals surface area contributed by atoms with Crippen LogP contribution in [0.1, 0.15) is 43.7 Å². The molecule has 0 saturated carbocycles. The van der Waals surface area contributed by atoms with E-state index in [4.69, 9.17) is 14.5 Å². The van der Waals surface area contributed by atoms with Gasteiger partial charge in [0, 0.05) is 25.8 Å². The summed E-state index contributed by atoms with van der Waals surface area (Å²) in [6, 6.07) is 9.05. The molecule has 0 bridgehead atoms. The van der Waals surface area contributed by atoms with Crippen molar-refractivity contribution in [1.82, 2.24) is 10.6 Å². The molecule has 0 amide bonds. The molecule has 2 N–H and O–H groups in total. The zero-order valence-corrected chi connectivity index (χ0v) is 18.5. The van der Waals surface area contributed by atoms with Crippen LogP contribution in [0.5, 0.6) is 0 Å². The molecule has 5 nitrogen and oxygen atoms in total. The molecule has 3 rings (SSSR count). The highest BCUT2D eigenvalue weighted by Gasteiger charge is 2.14. The Balaban J connectivity index is 0.00000261. The van der Waals surface area contributed by atoms with Gasteiger partial charge in [-0.2, -0.15) is 0 Å². The number of nitrogens with zero attached hydrogens (tertiary/aromatic N) is 1. The first-order valence-electron chi connectivity index (χ1n) is 9.80. The van der Waals surface area contributed by atoms with E-state index in [1.54, 1.807) is 0 Å². The maximum atomic E-state index is 5.98. The van der Waals surface area contributed by atoms with Gasteiger partial charge < -0.3 is 20.1 Å². The predicted octanol–water partition coefficient (Wildman–Crippen LogP) is 3.77. The van der Waals surface area contributed by atoms with E-state index in [9.17, 15) is 0 Å². The SMILES string of the molecule is CCNC(=NCc1ccc(COC2CCOCC2)cc1)NC1CC=CC1.I. The molecule has 1 fully saturated rings. The molecule has 6 heteroatoms. The Labute approximate surface area is 180 Å². The van der Waals surface area contributed by atoms with E-state index in [1.807, 2.05) is 0 Å². The molecule has 0 atom stereocenters. The Hall–Kier alpha value is -1.12. The first-order chi connectivity index (χ1) is 12.8. The number of ether oxygens (including phenoxy) is 2. The Morgan fingerprint density at radius 2 is 1.78 bits per heavy atom. The van der Waals surface area contributed by atoms with Crippen LogP contribution >= 0.6 is 24.0 Å². The molecule has 0 radical (unpaired) electrons. The first-order valence-corrected chi connectivity index (χ1v) is 9.80. The van der Waals surface area contributed by atoms with Crippen LogP contribution in [0.25, 0.3) is 0 Å². The van der Waals surface area contributed by atoms with Gasteiger partial charge in [0.05, 0.1) is 19.3 Å². The van der Waals surface area contributed by atoms with E-state index >= 15 is 0 Å². The van der Waals surface area contributed by atoms with Crippen molar-refractivity contribution < 1.29 is 9.47 Å². The minimum atomic E-state index is 0. The zero-order chi connectivity index (χ0) is 18.0. The second-order valence-electron chi connectivity index (χ2n) is 6.92. The lowest BCUT2D eigenvalue weighted by molar-refractivity contribution is -0.0390. The summed E-state index contributed by atoms with van der Waals surface area (Å²) in [5, 5.41) is 6.83. The lowest BCUT2D eigenvalue weighted by atomic mass is 10.1. The van der Waals surface area contributed by atoms with Crippen molar-refractivity contribution in [3.8, 4) is 0 Å². The van der Waals surface area contributed by atoms with E-state index in [2.05, 4.69) is 54.0 Å². The van der Waals surface area contributed by atoms with Gasteiger partial charge in [-0.15, -0.1) is 24.0 Å². The number of hydrogen-bond donors (Lipinski definition) is 2. The minimum Gasteiger partial charge on any atom is -0.381 e. The summed E-state index contributed by atoms with van der Waals surface area (Å²) in [5.41, 5.74) is 2.42. The number of halogens is 1. The topological polar surface area (TPSA) is 54.9 Å². The molecule has 1 aromatic rings. The summed E-state index contributed by atoms with van der Waals surface area (Å²) >= 11 is 0. The highest BCUT2D eigenvalue weighted by Crippen LogP contribution is 2.14. The van der Waals surface area contributed by atoms with Gasteiger partial charge in [0.25, 0.3) is 0 Å². The number of rotatable bonds is 7. The van der Waals surface area contributed by atoms with E-state index < -0.39 is 0 Å². The number of hydrogen-bond acceptors (Lipinski definition) is 3. The molecule has 1 aliphatic heterocycles. The Morgan fingerprint density at radius 3 is 2.44 bits per heavy atom. The normalized spacial score (nSPS) is 18.3. The number of guanidine groups is 1. The third kappa shape index (κ3) is 7.79. The molecule has 150 valence electrons. The van der Waals surface area contributed by atoms with Gasteiger partial charge >= 0.3 is 0 Å². The van der Waals surface area contributed by atoms with Crippen molar-refractivity contribution >= 4 is 29.9 Å². The van der Waals surface area contributed by atoms with Gasteiger partial charge in [-0.3, -0.25) is 0 Å². The number of benzene rings is 1. The van der Waals surface area contributed by atoms with Crippen molar-refractivity contribution in [3.05, 3.63) is 47.5 Å². The van der Waals surface area contributed by atoms with Crippen molar-refractivity contribution in [1.29, 1.82) is 0 Å². The Kier molecular flexibility index (Phi) is 10.2. The largest absolute Gasteiger partial charge is 0.381 e. The molecule has 27 heavy (non-hydrogen) atoms. The first kappa shape index (κ1) is 22.2. The van der Waals surface area contributed by atoms with E-state index in [-0.39, 0.29) is 24.0 Å².